The molecule has 1 fully saturated rings. The van der Waals surface area contributed by atoms with Crippen LogP contribution in [-0.2, 0) is 4.79 Å². The van der Waals surface area contributed by atoms with Gasteiger partial charge in [-0.1, -0.05) is 67.7 Å². The lowest BCUT2D eigenvalue weighted by Gasteiger charge is -2.08. The first kappa shape index (κ1) is 25.7. The van der Waals surface area contributed by atoms with E-state index in [0.717, 1.165) is 19.3 Å². The fraction of sp³-hybridized carbons (Fsp3) is 0.480. The van der Waals surface area contributed by atoms with Crippen molar-refractivity contribution in [3.8, 4) is 0 Å². The van der Waals surface area contributed by atoms with Gasteiger partial charge in [0.1, 0.15) is 11.9 Å². The molecule has 0 aromatic heterocycles. The Bertz CT molecular complexity index is 654. The Kier molecular flexibility index (Phi) is 14.1. The van der Waals surface area contributed by atoms with Gasteiger partial charge in [-0.25, -0.2) is 0 Å². The Balaban J connectivity index is 2.13. The van der Waals surface area contributed by atoms with Crippen molar-refractivity contribution in [2.75, 3.05) is 0 Å². The first-order valence-corrected chi connectivity index (χ1v) is 10.9. The first-order chi connectivity index (χ1) is 14.5. The van der Waals surface area contributed by atoms with Crippen molar-refractivity contribution in [2.24, 2.45) is 0 Å². The van der Waals surface area contributed by atoms with E-state index in [4.69, 9.17) is 0 Å². The highest BCUT2D eigenvalue weighted by atomic mass is 16.3. The smallest absolute Gasteiger partial charge is 0.220 e. The molecule has 166 valence electrons. The molecule has 0 radical (unpaired) electrons. The third-order valence-electron chi connectivity index (χ3n) is 4.42. The number of nitrogens with one attached hydrogen (secondary N) is 1. The normalized spacial score (nSPS) is 17.8. The van der Waals surface area contributed by atoms with E-state index in [1.807, 2.05) is 54.7 Å². The molecule has 0 aromatic carbocycles. The molecule has 0 heterocycles. The van der Waals surface area contributed by atoms with Crippen LogP contribution in [0, 0.1) is 0 Å². The van der Waals surface area contributed by atoms with Crippen molar-refractivity contribution in [3.05, 3.63) is 72.6 Å². The molecular weight excluding hydrogens is 378 g/mol. The number of rotatable bonds is 15. The van der Waals surface area contributed by atoms with Crippen LogP contribution in [-0.4, -0.2) is 39.5 Å². The van der Waals surface area contributed by atoms with Gasteiger partial charge in [0.05, 0.1) is 6.10 Å². The molecule has 5 nitrogen and oxygen atoms in total. The number of hydrogen-bond acceptors (Lipinski definition) is 4. The predicted octanol–water partition coefficient (Wildman–Crippen LogP) is 4.57. The zero-order valence-electron chi connectivity index (χ0n) is 18.0. The van der Waals surface area contributed by atoms with Gasteiger partial charge in [0.2, 0.25) is 5.91 Å². The van der Waals surface area contributed by atoms with Crippen LogP contribution in [0.4, 0.5) is 0 Å². The van der Waals surface area contributed by atoms with Gasteiger partial charge in [-0.3, -0.25) is 4.79 Å². The molecule has 1 rings (SSSR count). The number of aliphatic hydroxyl groups excluding tert-OH is 3. The highest BCUT2D eigenvalue weighted by Gasteiger charge is 2.22. The van der Waals surface area contributed by atoms with Crippen molar-refractivity contribution in [3.63, 3.8) is 0 Å². The van der Waals surface area contributed by atoms with Crippen LogP contribution < -0.4 is 5.32 Å². The Morgan fingerprint density at radius 2 is 1.70 bits per heavy atom. The van der Waals surface area contributed by atoms with E-state index in [1.165, 1.54) is 6.08 Å². The van der Waals surface area contributed by atoms with Crippen LogP contribution in [0.2, 0.25) is 0 Å². The van der Waals surface area contributed by atoms with Gasteiger partial charge in [0.25, 0.3) is 0 Å². The molecule has 30 heavy (non-hydrogen) atoms. The summed E-state index contributed by atoms with van der Waals surface area (Å²) in [4.78, 5) is 11.6. The minimum absolute atomic E-state index is 0.00407. The van der Waals surface area contributed by atoms with Gasteiger partial charge in [-0.15, -0.1) is 0 Å². The van der Waals surface area contributed by atoms with Crippen LogP contribution in [0.15, 0.2) is 72.6 Å². The summed E-state index contributed by atoms with van der Waals surface area (Å²) in [6.45, 7) is 2.06. The molecule has 0 spiro atoms. The Hall–Kier alpha value is -2.37. The van der Waals surface area contributed by atoms with E-state index in [0.29, 0.717) is 38.1 Å². The van der Waals surface area contributed by atoms with Crippen molar-refractivity contribution < 1.29 is 20.1 Å². The number of carbonyl (C=O) groups excluding carboxylic acids is 1. The van der Waals surface area contributed by atoms with Crippen LogP contribution in [0.5, 0.6) is 0 Å². The van der Waals surface area contributed by atoms with Crippen molar-refractivity contribution in [1.82, 2.24) is 5.32 Å². The molecule has 1 saturated carbocycles. The SMILES string of the molecule is CC/C=C\C[C@H](O)/C=C/C=C\C=C\C=C\CC[C@@H](O)/C(O)=C\CCC(=O)NC1CC1. The maximum Gasteiger partial charge on any atom is 0.220 e. The molecule has 0 bridgehead atoms. The Morgan fingerprint density at radius 1 is 1.00 bits per heavy atom. The van der Waals surface area contributed by atoms with E-state index in [1.54, 1.807) is 6.08 Å². The maximum atomic E-state index is 11.6. The van der Waals surface area contributed by atoms with Gasteiger partial charge in [0, 0.05) is 12.5 Å². The van der Waals surface area contributed by atoms with E-state index in [9.17, 15) is 20.1 Å². The van der Waals surface area contributed by atoms with Gasteiger partial charge >= 0.3 is 0 Å². The minimum Gasteiger partial charge on any atom is -0.510 e. The lowest BCUT2D eigenvalue weighted by Crippen LogP contribution is -2.24. The third kappa shape index (κ3) is 14.6. The molecule has 0 saturated heterocycles. The summed E-state index contributed by atoms with van der Waals surface area (Å²) >= 11 is 0. The summed E-state index contributed by atoms with van der Waals surface area (Å²) in [5.41, 5.74) is 0. The summed E-state index contributed by atoms with van der Waals surface area (Å²) in [5.74, 6) is -0.0733. The molecule has 0 aliphatic heterocycles. The summed E-state index contributed by atoms with van der Waals surface area (Å²) in [7, 11) is 0. The largest absolute Gasteiger partial charge is 0.510 e. The Labute approximate surface area is 180 Å². The molecule has 0 aromatic rings. The van der Waals surface area contributed by atoms with Gasteiger partial charge < -0.3 is 20.6 Å². The van der Waals surface area contributed by atoms with Crippen molar-refractivity contribution in [1.29, 1.82) is 0 Å². The predicted molar refractivity (Wildman–Crippen MR) is 123 cm³/mol. The highest BCUT2D eigenvalue weighted by Crippen LogP contribution is 2.18. The molecular formula is C25H37NO4. The van der Waals surface area contributed by atoms with Crippen LogP contribution >= 0.6 is 0 Å². The maximum absolute atomic E-state index is 11.6. The summed E-state index contributed by atoms with van der Waals surface area (Å²) in [6, 6.07) is 0.347. The molecule has 1 amide bonds. The fourth-order valence-electron chi connectivity index (χ4n) is 2.52. The number of amides is 1. The molecule has 0 unspecified atom stereocenters. The Morgan fingerprint density at radius 3 is 2.40 bits per heavy atom. The fourth-order valence-corrected chi connectivity index (χ4v) is 2.52. The number of carbonyl (C=O) groups is 1. The van der Waals surface area contributed by atoms with Crippen LogP contribution in [0.1, 0.15) is 58.3 Å². The average molecular weight is 416 g/mol. The lowest BCUT2D eigenvalue weighted by molar-refractivity contribution is -0.121. The number of allylic oxidation sites excluding steroid dienone is 9. The van der Waals surface area contributed by atoms with Crippen molar-refractivity contribution >= 4 is 5.91 Å². The van der Waals surface area contributed by atoms with Crippen LogP contribution in [0.3, 0.4) is 0 Å². The topological polar surface area (TPSA) is 89.8 Å². The minimum atomic E-state index is -0.909. The summed E-state index contributed by atoms with van der Waals surface area (Å²) in [5, 5.41) is 32.4. The highest BCUT2D eigenvalue weighted by molar-refractivity contribution is 5.76. The molecule has 1 aliphatic rings. The second kappa shape index (κ2) is 16.4. The average Bonchev–Trinajstić information content (AvgIpc) is 3.53. The number of aliphatic hydroxyl groups is 3. The van der Waals surface area contributed by atoms with E-state index < -0.39 is 12.2 Å². The monoisotopic (exact) mass is 415 g/mol. The van der Waals surface area contributed by atoms with E-state index in [-0.39, 0.29) is 11.7 Å². The summed E-state index contributed by atoms with van der Waals surface area (Å²) < 4.78 is 0. The second-order valence-electron chi connectivity index (χ2n) is 7.37. The summed E-state index contributed by atoms with van der Waals surface area (Å²) in [6.07, 6.45) is 24.6. The molecule has 1 aliphatic carbocycles. The third-order valence-corrected chi connectivity index (χ3v) is 4.42. The molecule has 4 N–H and O–H groups in total. The molecule has 2 atom stereocenters. The van der Waals surface area contributed by atoms with E-state index in [2.05, 4.69) is 12.2 Å². The number of hydrogen-bond donors (Lipinski definition) is 4. The lowest BCUT2D eigenvalue weighted by atomic mass is 10.1. The van der Waals surface area contributed by atoms with E-state index >= 15 is 0 Å². The zero-order valence-corrected chi connectivity index (χ0v) is 18.0. The van der Waals surface area contributed by atoms with Gasteiger partial charge in [-0.2, -0.15) is 0 Å². The molecule has 5 heteroatoms. The zero-order chi connectivity index (χ0) is 22.0. The van der Waals surface area contributed by atoms with Gasteiger partial charge in [-0.05, 0) is 51.0 Å². The van der Waals surface area contributed by atoms with Crippen molar-refractivity contribution in [2.45, 2.75) is 76.5 Å². The quantitative estimate of drug-likeness (QED) is 0.179. The first-order valence-electron chi connectivity index (χ1n) is 10.9. The van der Waals surface area contributed by atoms with Gasteiger partial charge in [0.15, 0.2) is 0 Å². The second-order valence-corrected chi connectivity index (χ2v) is 7.37. The standard InChI is InChI=1S/C25H37NO4/c1-2-3-10-14-22(27)15-11-8-6-4-5-7-9-12-16-23(28)24(29)17-13-18-25(30)26-21-19-20-21/h3-11,15,17,21-23,27-29H,2,12-14,16,18-20H2,1H3,(H,26,30)/b5-4+,8-6-,9-7+,10-3-,15-11+,24-17+/t22-,23+/m0/s1. The van der Waals surface area contributed by atoms with Crippen LogP contribution in [0.25, 0.3) is 0 Å².